The zero-order chi connectivity index (χ0) is 13.1. The van der Waals surface area contributed by atoms with Crippen LogP contribution in [-0.4, -0.2) is 6.54 Å². The fraction of sp³-hybridized carbons (Fsp3) is 0.600. The lowest BCUT2D eigenvalue weighted by molar-refractivity contribution is 0.238. The lowest BCUT2D eigenvalue weighted by Gasteiger charge is -2.29. The Hall–Kier alpha value is -0.340. The predicted molar refractivity (Wildman–Crippen MR) is 79.2 cm³/mol. The molecule has 0 saturated heterocycles. The van der Waals surface area contributed by atoms with E-state index in [1.165, 1.54) is 15.6 Å². The van der Waals surface area contributed by atoms with Crippen molar-refractivity contribution in [3.63, 3.8) is 0 Å². The molecule has 0 amide bonds. The van der Waals surface area contributed by atoms with Crippen molar-refractivity contribution in [1.82, 2.24) is 5.32 Å². The third kappa shape index (κ3) is 4.44. The van der Waals surface area contributed by atoms with Gasteiger partial charge >= 0.3 is 0 Å². The average molecular weight is 298 g/mol. The molecule has 0 unspecified atom stereocenters. The van der Waals surface area contributed by atoms with Gasteiger partial charge in [-0.1, -0.05) is 55.8 Å². The standard InChI is InChI=1S/C15H24BrN/c1-11(2)15(4,5)10-17-9-13-7-6-12(3)14(16)8-13/h6-8,11,17H,9-10H2,1-5H3. The molecule has 1 nitrogen and oxygen atoms in total. The van der Waals surface area contributed by atoms with E-state index < -0.39 is 0 Å². The Morgan fingerprint density at radius 1 is 1.29 bits per heavy atom. The van der Waals surface area contributed by atoms with E-state index in [-0.39, 0.29) is 0 Å². The number of benzene rings is 1. The van der Waals surface area contributed by atoms with Gasteiger partial charge in [-0.05, 0) is 35.4 Å². The second-order valence-corrected chi connectivity index (χ2v) is 6.68. The average Bonchev–Trinajstić information content (AvgIpc) is 2.23. The summed E-state index contributed by atoms with van der Waals surface area (Å²) >= 11 is 3.57. The summed E-state index contributed by atoms with van der Waals surface area (Å²) in [4.78, 5) is 0. The summed E-state index contributed by atoms with van der Waals surface area (Å²) in [6.07, 6.45) is 0. The fourth-order valence-electron chi connectivity index (χ4n) is 1.48. The zero-order valence-corrected chi connectivity index (χ0v) is 13.2. The number of hydrogen-bond acceptors (Lipinski definition) is 1. The van der Waals surface area contributed by atoms with E-state index in [1.807, 2.05) is 0 Å². The molecule has 1 aromatic rings. The van der Waals surface area contributed by atoms with Crippen LogP contribution in [0.15, 0.2) is 22.7 Å². The molecule has 1 N–H and O–H groups in total. The Bertz CT molecular complexity index is 369. The highest BCUT2D eigenvalue weighted by Gasteiger charge is 2.21. The highest BCUT2D eigenvalue weighted by atomic mass is 79.9. The van der Waals surface area contributed by atoms with Gasteiger partial charge in [0.2, 0.25) is 0 Å². The fourth-order valence-corrected chi connectivity index (χ4v) is 1.91. The van der Waals surface area contributed by atoms with Gasteiger partial charge in [0.05, 0.1) is 0 Å². The summed E-state index contributed by atoms with van der Waals surface area (Å²) in [5.41, 5.74) is 2.97. The molecule has 0 spiro atoms. The number of aryl methyl sites for hydroxylation is 1. The molecule has 0 aliphatic rings. The molecule has 0 fully saturated rings. The van der Waals surface area contributed by atoms with Crippen LogP contribution < -0.4 is 5.32 Å². The molecule has 0 atom stereocenters. The first-order valence-corrected chi connectivity index (χ1v) is 7.08. The van der Waals surface area contributed by atoms with Gasteiger partial charge in [0.15, 0.2) is 0 Å². The van der Waals surface area contributed by atoms with Crippen LogP contribution in [0.5, 0.6) is 0 Å². The van der Waals surface area contributed by atoms with Gasteiger partial charge in [0.25, 0.3) is 0 Å². The molecular formula is C15H24BrN. The summed E-state index contributed by atoms with van der Waals surface area (Å²) in [6.45, 7) is 13.3. The van der Waals surface area contributed by atoms with Gasteiger partial charge in [-0.3, -0.25) is 0 Å². The van der Waals surface area contributed by atoms with Crippen LogP contribution in [0, 0.1) is 18.3 Å². The molecule has 0 aliphatic heterocycles. The van der Waals surface area contributed by atoms with Crippen molar-refractivity contribution in [2.45, 2.75) is 41.2 Å². The predicted octanol–water partition coefficient (Wildman–Crippen LogP) is 4.53. The Morgan fingerprint density at radius 2 is 1.94 bits per heavy atom. The van der Waals surface area contributed by atoms with Crippen molar-refractivity contribution in [2.75, 3.05) is 6.54 Å². The van der Waals surface area contributed by atoms with E-state index in [2.05, 4.69) is 74.1 Å². The van der Waals surface area contributed by atoms with Crippen LogP contribution in [0.25, 0.3) is 0 Å². The van der Waals surface area contributed by atoms with Gasteiger partial charge in [0.1, 0.15) is 0 Å². The Balaban J connectivity index is 2.49. The van der Waals surface area contributed by atoms with Gasteiger partial charge in [-0.15, -0.1) is 0 Å². The van der Waals surface area contributed by atoms with Crippen LogP contribution in [0.2, 0.25) is 0 Å². The maximum atomic E-state index is 3.57. The second kappa shape index (κ2) is 6.01. The van der Waals surface area contributed by atoms with Gasteiger partial charge < -0.3 is 5.32 Å². The van der Waals surface area contributed by atoms with Crippen molar-refractivity contribution in [2.24, 2.45) is 11.3 Å². The maximum absolute atomic E-state index is 3.57. The van der Waals surface area contributed by atoms with Gasteiger partial charge in [-0.25, -0.2) is 0 Å². The van der Waals surface area contributed by atoms with Crippen molar-refractivity contribution < 1.29 is 0 Å². The van der Waals surface area contributed by atoms with E-state index >= 15 is 0 Å². The first-order valence-electron chi connectivity index (χ1n) is 6.28. The first kappa shape index (κ1) is 14.7. The molecular weight excluding hydrogens is 274 g/mol. The summed E-state index contributed by atoms with van der Waals surface area (Å²) in [6, 6.07) is 6.55. The first-order chi connectivity index (χ1) is 7.83. The SMILES string of the molecule is Cc1ccc(CNCC(C)(C)C(C)C)cc1Br. The second-order valence-electron chi connectivity index (χ2n) is 5.83. The van der Waals surface area contributed by atoms with Crippen molar-refractivity contribution in [1.29, 1.82) is 0 Å². The van der Waals surface area contributed by atoms with E-state index in [0.29, 0.717) is 11.3 Å². The molecule has 0 radical (unpaired) electrons. The third-order valence-electron chi connectivity index (χ3n) is 3.71. The monoisotopic (exact) mass is 297 g/mol. The molecule has 96 valence electrons. The molecule has 0 heterocycles. The van der Waals surface area contributed by atoms with Gasteiger partial charge in [0, 0.05) is 17.6 Å². The summed E-state index contributed by atoms with van der Waals surface area (Å²) < 4.78 is 1.19. The van der Waals surface area contributed by atoms with Crippen molar-refractivity contribution >= 4 is 15.9 Å². The van der Waals surface area contributed by atoms with Crippen molar-refractivity contribution in [3.8, 4) is 0 Å². The highest BCUT2D eigenvalue weighted by Crippen LogP contribution is 2.25. The zero-order valence-electron chi connectivity index (χ0n) is 11.6. The molecule has 0 aliphatic carbocycles. The minimum absolute atomic E-state index is 0.349. The molecule has 0 bridgehead atoms. The van der Waals surface area contributed by atoms with E-state index in [1.54, 1.807) is 0 Å². The van der Waals surface area contributed by atoms with E-state index in [9.17, 15) is 0 Å². The number of hydrogen-bond donors (Lipinski definition) is 1. The van der Waals surface area contributed by atoms with Gasteiger partial charge in [-0.2, -0.15) is 0 Å². The molecule has 2 heteroatoms. The molecule has 0 saturated carbocycles. The smallest absolute Gasteiger partial charge is 0.0207 e. The Morgan fingerprint density at radius 3 is 2.47 bits per heavy atom. The lowest BCUT2D eigenvalue weighted by Crippen LogP contribution is -2.33. The summed E-state index contributed by atoms with van der Waals surface area (Å²) in [5, 5.41) is 3.55. The highest BCUT2D eigenvalue weighted by molar-refractivity contribution is 9.10. The van der Waals surface area contributed by atoms with Crippen LogP contribution in [0.1, 0.15) is 38.8 Å². The molecule has 17 heavy (non-hydrogen) atoms. The number of halogens is 1. The van der Waals surface area contributed by atoms with Crippen LogP contribution >= 0.6 is 15.9 Å². The number of rotatable bonds is 5. The quantitative estimate of drug-likeness (QED) is 0.842. The summed E-state index contributed by atoms with van der Waals surface area (Å²) in [7, 11) is 0. The lowest BCUT2D eigenvalue weighted by atomic mass is 9.81. The van der Waals surface area contributed by atoms with Crippen LogP contribution in [0.3, 0.4) is 0 Å². The molecule has 0 aromatic heterocycles. The normalized spacial score (nSPS) is 12.2. The van der Waals surface area contributed by atoms with Crippen molar-refractivity contribution in [3.05, 3.63) is 33.8 Å². The molecule has 1 aromatic carbocycles. The van der Waals surface area contributed by atoms with Crippen LogP contribution in [0.4, 0.5) is 0 Å². The molecule has 1 rings (SSSR count). The third-order valence-corrected chi connectivity index (χ3v) is 4.56. The van der Waals surface area contributed by atoms with Crippen LogP contribution in [-0.2, 0) is 6.54 Å². The number of nitrogens with one attached hydrogen (secondary N) is 1. The largest absolute Gasteiger partial charge is 0.312 e. The summed E-state index contributed by atoms with van der Waals surface area (Å²) in [5.74, 6) is 0.694. The Kier molecular flexibility index (Phi) is 5.21. The Labute approximate surface area is 114 Å². The minimum atomic E-state index is 0.349. The topological polar surface area (TPSA) is 12.0 Å². The minimum Gasteiger partial charge on any atom is -0.312 e. The van der Waals surface area contributed by atoms with E-state index in [0.717, 1.165) is 13.1 Å². The maximum Gasteiger partial charge on any atom is 0.0207 e. The van der Waals surface area contributed by atoms with E-state index in [4.69, 9.17) is 0 Å².